The van der Waals surface area contributed by atoms with Gasteiger partial charge in [0.05, 0.1) is 22.3 Å². The molecule has 0 radical (unpaired) electrons. The van der Waals surface area contributed by atoms with Gasteiger partial charge < -0.3 is 0 Å². The van der Waals surface area contributed by atoms with Crippen molar-refractivity contribution in [3.05, 3.63) is 58.7 Å². The van der Waals surface area contributed by atoms with Gasteiger partial charge in [-0.2, -0.15) is 13.5 Å². The van der Waals surface area contributed by atoms with Crippen molar-refractivity contribution in [3.63, 3.8) is 0 Å². The molecule has 3 heterocycles. The molecule has 0 amide bonds. The van der Waals surface area contributed by atoms with Crippen LogP contribution in [0.2, 0.25) is 5.02 Å². The molecule has 1 aliphatic heterocycles. The topological polar surface area (TPSA) is 64.3 Å². The molecule has 1 aliphatic rings. The van der Waals surface area contributed by atoms with Crippen molar-refractivity contribution in [3.8, 4) is 10.4 Å². The molecular formula is C14H8ClN3O2S2. The minimum Gasteiger partial charge on any atom is -0.219 e. The van der Waals surface area contributed by atoms with Crippen molar-refractivity contribution in [1.82, 2.24) is 9.78 Å². The maximum Gasteiger partial charge on any atom is 0.285 e. The maximum atomic E-state index is 12.2. The number of hydrogen-bond donors (Lipinski definition) is 0. The lowest BCUT2D eigenvalue weighted by atomic mass is 10.2. The number of sulfonamides is 1. The molecule has 110 valence electrons. The number of halogens is 1. The van der Waals surface area contributed by atoms with E-state index < -0.39 is 10.0 Å². The first kappa shape index (κ1) is 13.7. The van der Waals surface area contributed by atoms with E-state index in [0.717, 1.165) is 10.4 Å². The zero-order chi connectivity index (χ0) is 15.3. The summed E-state index contributed by atoms with van der Waals surface area (Å²) in [7, 11) is -3.69. The fourth-order valence-corrected chi connectivity index (χ4v) is 5.08. The molecule has 1 aromatic carbocycles. The normalized spacial score (nSPS) is 15.6. The van der Waals surface area contributed by atoms with Crippen LogP contribution in [0.25, 0.3) is 10.4 Å². The van der Waals surface area contributed by atoms with E-state index in [4.69, 9.17) is 11.6 Å². The molecule has 2 aromatic heterocycles. The van der Waals surface area contributed by atoms with Crippen LogP contribution in [0.3, 0.4) is 0 Å². The van der Waals surface area contributed by atoms with Crippen molar-refractivity contribution >= 4 is 38.8 Å². The molecule has 0 saturated carbocycles. The van der Waals surface area contributed by atoms with Gasteiger partial charge in [0, 0.05) is 4.88 Å². The Kier molecular flexibility index (Phi) is 2.97. The van der Waals surface area contributed by atoms with Crippen LogP contribution in [0.5, 0.6) is 0 Å². The first-order chi connectivity index (χ1) is 10.5. The van der Waals surface area contributed by atoms with Gasteiger partial charge in [-0.25, -0.2) is 4.68 Å². The highest BCUT2D eigenvalue weighted by atomic mass is 35.5. The van der Waals surface area contributed by atoms with E-state index in [9.17, 15) is 8.42 Å². The summed E-state index contributed by atoms with van der Waals surface area (Å²) in [5, 5.41) is 4.46. The molecule has 0 aliphatic carbocycles. The molecule has 0 bridgehead atoms. The molecule has 3 aromatic rings. The van der Waals surface area contributed by atoms with Crippen molar-refractivity contribution in [1.29, 1.82) is 0 Å². The first-order valence-electron chi connectivity index (χ1n) is 6.30. The van der Waals surface area contributed by atoms with Gasteiger partial charge in [0.25, 0.3) is 10.0 Å². The molecule has 0 N–H and O–H groups in total. The second-order valence-corrected chi connectivity index (χ2v) is 7.72. The number of benzene rings is 1. The van der Waals surface area contributed by atoms with Gasteiger partial charge in [-0.3, -0.25) is 0 Å². The first-order valence-corrected chi connectivity index (χ1v) is 8.93. The van der Waals surface area contributed by atoms with Gasteiger partial charge in [0.2, 0.25) is 0 Å². The molecule has 5 nitrogen and oxygen atoms in total. The van der Waals surface area contributed by atoms with Crippen molar-refractivity contribution in [2.24, 2.45) is 4.40 Å². The van der Waals surface area contributed by atoms with E-state index in [1.54, 1.807) is 6.07 Å². The summed E-state index contributed by atoms with van der Waals surface area (Å²) in [4.78, 5) is 1.68. The molecule has 0 spiro atoms. The predicted molar refractivity (Wildman–Crippen MR) is 86.1 cm³/mol. The van der Waals surface area contributed by atoms with Crippen LogP contribution in [0.4, 0.5) is 0 Å². The Labute approximate surface area is 135 Å². The van der Waals surface area contributed by atoms with Crippen LogP contribution < -0.4 is 0 Å². The molecule has 0 saturated heterocycles. The molecule has 0 fully saturated rings. The molecule has 0 atom stereocenters. The quantitative estimate of drug-likeness (QED) is 0.677. The van der Waals surface area contributed by atoms with E-state index in [2.05, 4.69) is 9.50 Å². The summed E-state index contributed by atoms with van der Waals surface area (Å²) < 4.78 is 29.7. The van der Waals surface area contributed by atoms with E-state index in [0.29, 0.717) is 9.90 Å². The van der Waals surface area contributed by atoms with Crippen LogP contribution >= 0.6 is 22.9 Å². The summed E-state index contributed by atoms with van der Waals surface area (Å²) in [5.74, 6) is 0.286. The lowest BCUT2D eigenvalue weighted by Crippen LogP contribution is -2.10. The van der Waals surface area contributed by atoms with Gasteiger partial charge in [0.15, 0.2) is 5.84 Å². The zero-order valence-electron chi connectivity index (χ0n) is 11.0. The monoisotopic (exact) mass is 349 g/mol. The average molecular weight is 350 g/mol. The zero-order valence-corrected chi connectivity index (χ0v) is 13.4. The Morgan fingerprint density at radius 3 is 2.64 bits per heavy atom. The number of rotatable bonds is 1. The molecule has 22 heavy (non-hydrogen) atoms. The number of aromatic nitrogens is 2. The predicted octanol–water partition coefficient (Wildman–Crippen LogP) is 3.26. The summed E-state index contributed by atoms with van der Waals surface area (Å²) in [6, 6.07) is 11.3. The van der Waals surface area contributed by atoms with E-state index in [1.807, 2.05) is 30.3 Å². The van der Waals surface area contributed by atoms with E-state index in [-0.39, 0.29) is 10.7 Å². The van der Waals surface area contributed by atoms with Crippen LogP contribution in [-0.4, -0.2) is 24.0 Å². The Balaban J connectivity index is 1.90. The lowest BCUT2D eigenvalue weighted by Gasteiger charge is -1.99. The van der Waals surface area contributed by atoms with Crippen molar-refractivity contribution < 1.29 is 8.42 Å². The van der Waals surface area contributed by atoms with Crippen LogP contribution in [0, 0.1) is 0 Å². The Bertz CT molecular complexity index is 1000. The van der Waals surface area contributed by atoms with Crippen LogP contribution in [0.1, 0.15) is 4.88 Å². The van der Waals surface area contributed by atoms with Gasteiger partial charge in [-0.05, 0) is 11.6 Å². The highest BCUT2D eigenvalue weighted by molar-refractivity contribution is 7.91. The highest BCUT2D eigenvalue weighted by Crippen LogP contribution is 2.39. The van der Waals surface area contributed by atoms with E-state index >= 15 is 0 Å². The minimum absolute atomic E-state index is 0.220. The number of fused-ring (bicyclic) bond motifs is 1. The van der Waals surface area contributed by atoms with Gasteiger partial charge in [-0.15, -0.1) is 15.7 Å². The number of thiophene rings is 1. The average Bonchev–Trinajstić information content (AvgIpc) is 3.17. The van der Waals surface area contributed by atoms with Crippen LogP contribution in [0.15, 0.2) is 58.1 Å². The Morgan fingerprint density at radius 1 is 1.18 bits per heavy atom. The molecular weight excluding hydrogens is 342 g/mol. The summed E-state index contributed by atoms with van der Waals surface area (Å²) >= 11 is 7.23. The molecule has 8 heteroatoms. The SMILES string of the molecule is O=S1(=O)N=C(n2cc(Cl)cn2)c2sc(-c3ccccc3)cc21. The highest BCUT2D eigenvalue weighted by Gasteiger charge is 2.33. The van der Waals surface area contributed by atoms with Gasteiger partial charge >= 0.3 is 0 Å². The minimum atomic E-state index is -3.69. The third-order valence-electron chi connectivity index (χ3n) is 3.21. The second-order valence-electron chi connectivity index (χ2n) is 4.66. The van der Waals surface area contributed by atoms with Crippen molar-refractivity contribution in [2.45, 2.75) is 4.90 Å². The standard InChI is InChI=1S/C14H8ClN3O2S2/c15-10-7-16-18(8-10)14-13-12(22(19,20)17-14)6-11(21-13)9-4-2-1-3-5-9/h1-8H. The molecule has 0 unspecified atom stereocenters. The number of hydrogen-bond acceptors (Lipinski definition) is 4. The summed E-state index contributed by atoms with van der Waals surface area (Å²) in [6.45, 7) is 0. The fourth-order valence-electron chi connectivity index (χ4n) is 2.23. The second kappa shape index (κ2) is 4.77. The van der Waals surface area contributed by atoms with E-state index in [1.165, 1.54) is 28.4 Å². The third-order valence-corrected chi connectivity index (χ3v) is 6.01. The Morgan fingerprint density at radius 2 is 1.95 bits per heavy atom. The van der Waals surface area contributed by atoms with Crippen LogP contribution in [-0.2, 0) is 10.0 Å². The summed E-state index contributed by atoms with van der Waals surface area (Å²) in [6.07, 6.45) is 2.98. The van der Waals surface area contributed by atoms with Gasteiger partial charge in [-0.1, -0.05) is 41.9 Å². The molecule has 4 rings (SSSR count). The fraction of sp³-hybridized carbons (Fsp3) is 0. The smallest absolute Gasteiger partial charge is 0.219 e. The Hall–Kier alpha value is -1.96. The van der Waals surface area contributed by atoms with Gasteiger partial charge in [0.1, 0.15) is 4.90 Å². The largest absolute Gasteiger partial charge is 0.285 e. The third kappa shape index (κ3) is 2.09. The number of nitrogens with zero attached hydrogens (tertiary/aromatic N) is 3. The maximum absolute atomic E-state index is 12.2. The van der Waals surface area contributed by atoms with Crippen molar-refractivity contribution in [2.75, 3.05) is 0 Å². The lowest BCUT2D eigenvalue weighted by molar-refractivity contribution is 0.599. The summed E-state index contributed by atoms with van der Waals surface area (Å²) in [5.41, 5.74) is 0.968.